The summed E-state index contributed by atoms with van der Waals surface area (Å²) in [5, 5.41) is 2.89. The van der Waals surface area contributed by atoms with Crippen LogP contribution in [0.1, 0.15) is 36.1 Å². The molecule has 0 bridgehead atoms. The van der Waals surface area contributed by atoms with Crippen LogP contribution in [0.5, 0.6) is 0 Å². The Morgan fingerprint density at radius 2 is 1.56 bits per heavy atom. The third-order valence-corrected chi connectivity index (χ3v) is 4.20. The monoisotopic (exact) mass is 232 g/mol. The molecule has 0 radical (unpaired) electrons. The minimum absolute atomic E-state index is 1.12. The summed E-state index contributed by atoms with van der Waals surface area (Å²) in [6, 6.07) is 9.23. The predicted octanol–water partition coefficient (Wildman–Crippen LogP) is 4.76. The summed E-state index contributed by atoms with van der Waals surface area (Å²) < 4.78 is 0. The third kappa shape index (κ3) is 1.26. The molecule has 0 heteroatoms. The van der Waals surface area contributed by atoms with Gasteiger partial charge in [0.15, 0.2) is 0 Å². The van der Waals surface area contributed by atoms with Crippen LogP contribution in [-0.2, 0) is 12.8 Å². The second-order valence-electron chi connectivity index (χ2n) is 5.70. The zero-order valence-corrected chi connectivity index (χ0v) is 10.9. The fourth-order valence-electron chi connectivity index (χ4n) is 3.40. The SMILES string of the molecule is CC1=Cc2c(ccc3c4c(ccc23)C=C(C)C4)C1. The van der Waals surface area contributed by atoms with Gasteiger partial charge in [-0.1, -0.05) is 47.6 Å². The lowest BCUT2D eigenvalue weighted by Gasteiger charge is -2.09. The number of hydrogen-bond donors (Lipinski definition) is 0. The standard InChI is InChI=1S/C18H16/c1-11-7-13-3-5-16-15(17(13)9-11)6-4-14-8-12(2)10-18(14)16/h3-7,10H,8-9H2,1-2H3. The molecule has 18 heavy (non-hydrogen) atoms. The molecule has 0 amide bonds. The molecule has 88 valence electrons. The zero-order valence-electron chi connectivity index (χ0n) is 10.9. The van der Waals surface area contributed by atoms with Gasteiger partial charge in [-0.2, -0.15) is 0 Å². The topological polar surface area (TPSA) is 0 Å². The summed E-state index contributed by atoms with van der Waals surface area (Å²) in [4.78, 5) is 0. The minimum Gasteiger partial charge on any atom is -0.0683 e. The number of rotatable bonds is 0. The van der Waals surface area contributed by atoms with Gasteiger partial charge in [-0.05, 0) is 59.7 Å². The molecule has 0 unspecified atom stereocenters. The summed E-state index contributed by atoms with van der Waals surface area (Å²) in [7, 11) is 0. The van der Waals surface area contributed by atoms with E-state index in [-0.39, 0.29) is 0 Å². The lowest BCUT2D eigenvalue weighted by atomic mass is 9.95. The fourth-order valence-corrected chi connectivity index (χ4v) is 3.40. The van der Waals surface area contributed by atoms with Gasteiger partial charge in [0.25, 0.3) is 0 Å². The minimum atomic E-state index is 1.12. The quantitative estimate of drug-likeness (QED) is 0.614. The molecule has 0 N–H and O–H groups in total. The van der Waals surface area contributed by atoms with Crippen LogP contribution in [0.25, 0.3) is 22.9 Å². The van der Waals surface area contributed by atoms with E-state index in [1.165, 1.54) is 44.2 Å². The first kappa shape index (κ1) is 10.1. The molecule has 2 aromatic rings. The second kappa shape index (κ2) is 3.35. The predicted molar refractivity (Wildman–Crippen MR) is 78.7 cm³/mol. The highest BCUT2D eigenvalue weighted by Gasteiger charge is 2.17. The zero-order chi connectivity index (χ0) is 12.3. The molecule has 0 atom stereocenters. The Morgan fingerprint density at radius 1 is 0.778 bits per heavy atom. The highest BCUT2D eigenvalue weighted by atomic mass is 14.2. The molecular weight excluding hydrogens is 216 g/mol. The Morgan fingerprint density at radius 3 is 2.44 bits per heavy atom. The molecule has 0 aromatic heterocycles. The Balaban J connectivity index is 2.07. The van der Waals surface area contributed by atoms with Gasteiger partial charge in [-0.15, -0.1) is 0 Å². The van der Waals surface area contributed by atoms with Gasteiger partial charge in [0.05, 0.1) is 0 Å². The van der Waals surface area contributed by atoms with E-state index in [1.54, 1.807) is 0 Å². The summed E-state index contributed by atoms with van der Waals surface area (Å²) in [5.74, 6) is 0. The summed E-state index contributed by atoms with van der Waals surface area (Å²) >= 11 is 0. The van der Waals surface area contributed by atoms with Crippen LogP contribution in [0.2, 0.25) is 0 Å². The van der Waals surface area contributed by atoms with Crippen molar-refractivity contribution in [2.45, 2.75) is 26.7 Å². The molecule has 2 aromatic carbocycles. The van der Waals surface area contributed by atoms with Gasteiger partial charge in [-0.25, -0.2) is 0 Å². The van der Waals surface area contributed by atoms with Crippen LogP contribution in [0.15, 0.2) is 35.4 Å². The second-order valence-corrected chi connectivity index (χ2v) is 5.70. The highest BCUT2D eigenvalue weighted by Crippen LogP contribution is 2.37. The van der Waals surface area contributed by atoms with E-state index in [0.29, 0.717) is 0 Å². The molecule has 0 nitrogen and oxygen atoms in total. The molecule has 2 aliphatic carbocycles. The molecule has 0 saturated heterocycles. The normalized spacial score (nSPS) is 16.6. The van der Waals surface area contributed by atoms with Gasteiger partial charge in [-0.3, -0.25) is 0 Å². The Labute approximate surface area is 108 Å². The maximum atomic E-state index is 2.36. The largest absolute Gasteiger partial charge is 0.0683 e. The van der Waals surface area contributed by atoms with Crippen LogP contribution in [0.3, 0.4) is 0 Å². The first-order valence-corrected chi connectivity index (χ1v) is 6.64. The molecule has 0 fully saturated rings. The molecule has 2 aliphatic rings. The van der Waals surface area contributed by atoms with E-state index in [2.05, 4.69) is 50.3 Å². The maximum Gasteiger partial charge on any atom is -0.00544 e. The van der Waals surface area contributed by atoms with E-state index in [4.69, 9.17) is 0 Å². The van der Waals surface area contributed by atoms with Crippen molar-refractivity contribution in [3.8, 4) is 0 Å². The summed E-state index contributed by atoms with van der Waals surface area (Å²) in [6.07, 6.45) is 6.93. The first-order valence-electron chi connectivity index (χ1n) is 6.64. The summed E-state index contributed by atoms with van der Waals surface area (Å²) in [6.45, 7) is 4.45. The molecule has 0 spiro atoms. The number of fused-ring (bicyclic) bond motifs is 5. The Hall–Kier alpha value is -1.82. The maximum absolute atomic E-state index is 2.36. The molecule has 0 aliphatic heterocycles. The van der Waals surface area contributed by atoms with Crippen molar-refractivity contribution in [3.63, 3.8) is 0 Å². The fraction of sp³-hybridized carbons (Fsp3) is 0.222. The molecule has 4 rings (SSSR count). The van der Waals surface area contributed by atoms with Gasteiger partial charge in [0.2, 0.25) is 0 Å². The third-order valence-electron chi connectivity index (χ3n) is 4.20. The van der Waals surface area contributed by atoms with Crippen LogP contribution in [-0.4, -0.2) is 0 Å². The van der Waals surface area contributed by atoms with Crippen molar-refractivity contribution in [3.05, 3.63) is 57.7 Å². The first-order chi connectivity index (χ1) is 8.72. The van der Waals surface area contributed by atoms with Crippen LogP contribution < -0.4 is 0 Å². The van der Waals surface area contributed by atoms with Crippen molar-refractivity contribution >= 4 is 22.9 Å². The van der Waals surface area contributed by atoms with E-state index in [1.807, 2.05) is 0 Å². The average Bonchev–Trinajstić information content (AvgIpc) is 2.89. The van der Waals surface area contributed by atoms with E-state index in [0.717, 1.165) is 12.8 Å². The van der Waals surface area contributed by atoms with E-state index in [9.17, 15) is 0 Å². The van der Waals surface area contributed by atoms with E-state index < -0.39 is 0 Å². The van der Waals surface area contributed by atoms with Crippen molar-refractivity contribution < 1.29 is 0 Å². The van der Waals surface area contributed by atoms with Crippen LogP contribution in [0.4, 0.5) is 0 Å². The molecular formula is C18H16. The van der Waals surface area contributed by atoms with Crippen LogP contribution >= 0.6 is 0 Å². The number of allylic oxidation sites excluding steroid dienone is 2. The van der Waals surface area contributed by atoms with Crippen molar-refractivity contribution in [1.82, 2.24) is 0 Å². The van der Waals surface area contributed by atoms with Crippen LogP contribution in [0, 0.1) is 0 Å². The number of benzene rings is 2. The van der Waals surface area contributed by atoms with Gasteiger partial charge in [0, 0.05) is 0 Å². The Bertz CT molecular complexity index is 742. The van der Waals surface area contributed by atoms with Crippen molar-refractivity contribution in [1.29, 1.82) is 0 Å². The lowest BCUT2D eigenvalue weighted by molar-refractivity contribution is 1.19. The molecule has 0 heterocycles. The van der Waals surface area contributed by atoms with Crippen molar-refractivity contribution in [2.24, 2.45) is 0 Å². The van der Waals surface area contributed by atoms with E-state index >= 15 is 0 Å². The highest BCUT2D eigenvalue weighted by molar-refractivity contribution is 5.98. The van der Waals surface area contributed by atoms with Gasteiger partial charge >= 0.3 is 0 Å². The smallest absolute Gasteiger partial charge is 0.00544 e. The van der Waals surface area contributed by atoms with Gasteiger partial charge < -0.3 is 0 Å². The van der Waals surface area contributed by atoms with Gasteiger partial charge in [0.1, 0.15) is 0 Å². The lowest BCUT2D eigenvalue weighted by Crippen LogP contribution is -1.90. The number of hydrogen-bond acceptors (Lipinski definition) is 0. The Kier molecular flexibility index (Phi) is 1.89. The molecule has 0 saturated carbocycles. The van der Waals surface area contributed by atoms with Crippen molar-refractivity contribution in [2.75, 3.05) is 0 Å². The summed E-state index contributed by atoms with van der Waals surface area (Å²) in [5.41, 5.74) is 8.83. The average molecular weight is 232 g/mol.